The summed E-state index contributed by atoms with van der Waals surface area (Å²) in [6.45, 7) is 15.4. The van der Waals surface area contributed by atoms with Gasteiger partial charge in [0, 0.05) is 70.3 Å². The Morgan fingerprint density at radius 1 is 1.18 bits per heavy atom. The molecule has 3 N–H and O–H groups in total. The van der Waals surface area contributed by atoms with Crippen LogP contribution in [0.15, 0.2) is 53.8 Å². The molecule has 0 aliphatic carbocycles. The third kappa shape index (κ3) is 9.60. The number of likely N-dealkylation sites (N-methyl/N-ethyl adjacent to an activating group) is 1. The van der Waals surface area contributed by atoms with Gasteiger partial charge in [0.1, 0.15) is 0 Å². The number of nitrogens with one attached hydrogen (secondary N) is 3. The molecule has 39 heavy (non-hydrogen) atoms. The first kappa shape index (κ1) is 31.6. The van der Waals surface area contributed by atoms with E-state index in [2.05, 4.69) is 35.8 Å². The van der Waals surface area contributed by atoms with Gasteiger partial charge in [0.15, 0.2) is 0 Å². The van der Waals surface area contributed by atoms with Crippen LogP contribution >= 0.6 is 11.8 Å². The van der Waals surface area contributed by atoms with E-state index in [-0.39, 0.29) is 17.7 Å². The van der Waals surface area contributed by atoms with E-state index in [1.54, 1.807) is 24.9 Å². The van der Waals surface area contributed by atoms with E-state index < -0.39 is 0 Å². The molecule has 1 atom stereocenters. The minimum absolute atomic E-state index is 0.0919. The molecule has 0 saturated carbocycles. The Labute approximate surface area is 235 Å². The second kappa shape index (κ2) is 15.7. The number of hydrogen-bond donors (Lipinski definition) is 3. The zero-order valence-electron chi connectivity index (χ0n) is 23.1. The molecule has 212 valence electrons. The summed E-state index contributed by atoms with van der Waals surface area (Å²) < 4.78 is 0. The SMILES string of the molecule is C=CC(=C)SC(=C)C(=O)NC.CC(=O)N1CCC(=O)N2CCCC2CC1.CN1NCc2cc(NC=O)ccc21. The summed E-state index contributed by atoms with van der Waals surface area (Å²) in [6, 6.07) is 6.23. The van der Waals surface area contributed by atoms with Crippen molar-refractivity contribution in [3.05, 3.63) is 59.4 Å². The Morgan fingerprint density at radius 3 is 2.56 bits per heavy atom. The smallest absolute Gasteiger partial charge is 0.257 e. The van der Waals surface area contributed by atoms with Gasteiger partial charge in [0.2, 0.25) is 18.2 Å². The van der Waals surface area contributed by atoms with Crippen molar-refractivity contribution in [2.75, 3.05) is 44.1 Å². The minimum atomic E-state index is -0.182. The first-order chi connectivity index (χ1) is 18.6. The molecule has 2 fully saturated rings. The second-order valence-electron chi connectivity index (χ2n) is 9.20. The molecule has 3 heterocycles. The van der Waals surface area contributed by atoms with Crippen LogP contribution < -0.4 is 21.1 Å². The van der Waals surface area contributed by atoms with Gasteiger partial charge in [0.25, 0.3) is 5.91 Å². The Hall–Kier alpha value is -3.57. The van der Waals surface area contributed by atoms with Gasteiger partial charge in [-0.15, -0.1) is 0 Å². The van der Waals surface area contributed by atoms with Crippen LogP contribution in [0.25, 0.3) is 0 Å². The summed E-state index contributed by atoms with van der Waals surface area (Å²) in [5.41, 5.74) is 6.38. The number of carbonyl (C=O) groups excluding carboxylic acids is 4. The molecule has 0 spiro atoms. The zero-order chi connectivity index (χ0) is 28.9. The van der Waals surface area contributed by atoms with E-state index >= 15 is 0 Å². The summed E-state index contributed by atoms with van der Waals surface area (Å²) in [7, 11) is 3.53. The van der Waals surface area contributed by atoms with Crippen molar-refractivity contribution in [1.29, 1.82) is 0 Å². The maximum Gasteiger partial charge on any atom is 0.257 e. The Morgan fingerprint density at radius 2 is 1.92 bits per heavy atom. The van der Waals surface area contributed by atoms with E-state index in [9.17, 15) is 19.2 Å². The number of hydrogen-bond acceptors (Lipinski definition) is 7. The average Bonchev–Trinajstić information content (AvgIpc) is 3.53. The predicted octanol–water partition coefficient (Wildman–Crippen LogP) is 3.01. The van der Waals surface area contributed by atoms with Crippen molar-refractivity contribution in [3.63, 3.8) is 0 Å². The first-order valence-electron chi connectivity index (χ1n) is 12.9. The van der Waals surface area contributed by atoms with Crippen molar-refractivity contribution in [2.24, 2.45) is 0 Å². The second-order valence-corrected chi connectivity index (χ2v) is 10.4. The topological polar surface area (TPSA) is 114 Å². The monoisotopic (exact) mass is 556 g/mol. The molecule has 1 unspecified atom stereocenters. The molecule has 3 aliphatic heterocycles. The number of allylic oxidation sites excluding steroid dienone is 1. The molecular formula is C28H40N6O4S. The summed E-state index contributed by atoms with van der Waals surface area (Å²) in [4.78, 5) is 49.1. The first-order valence-corrected chi connectivity index (χ1v) is 13.7. The number of amides is 4. The molecule has 0 bridgehead atoms. The third-order valence-corrected chi connectivity index (χ3v) is 7.47. The van der Waals surface area contributed by atoms with Gasteiger partial charge in [-0.1, -0.05) is 37.6 Å². The molecule has 3 aliphatic rings. The van der Waals surface area contributed by atoms with E-state index in [0.717, 1.165) is 55.2 Å². The number of benzene rings is 1. The van der Waals surface area contributed by atoms with Gasteiger partial charge in [-0.3, -0.25) is 19.2 Å². The van der Waals surface area contributed by atoms with E-state index in [4.69, 9.17) is 0 Å². The van der Waals surface area contributed by atoms with Crippen LogP contribution in [0, 0.1) is 0 Å². The number of fused-ring (bicyclic) bond motifs is 2. The fraction of sp³-hybridized carbons (Fsp3) is 0.429. The lowest BCUT2D eigenvalue weighted by Crippen LogP contribution is -2.44. The van der Waals surface area contributed by atoms with Gasteiger partial charge in [-0.05, 0) is 43.0 Å². The highest BCUT2D eigenvalue weighted by molar-refractivity contribution is 8.07. The number of rotatable bonds is 6. The molecule has 0 aromatic heterocycles. The summed E-state index contributed by atoms with van der Waals surface area (Å²) in [5, 5.41) is 7.06. The zero-order valence-corrected chi connectivity index (χ0v) is 23.9. The third-order valence-electron chi connectivity index (χ3n) is 6.61. The van der Waals surface area contributed by atoms with Crippen molar-refractivity contribution in [2.45, 2.75) is 45.2 Å². The number of carbonyl (C=O) groups is 4. The molecule has 4 amide bonds. The molecule has 0 radical (unpaired) electrons. The fourth-order valence-corrected chi connectivity index (χ4v) is 5.05. The Bertz CT molecular complexity index is 1090. The summed E-state index contributed by atoms with van der Waals surface area (Å²) in [5.74, 6) is 0.135. The van der Waals surface area contributed by atoms with Crippen LogP contribution in [0.3, 0.4) is 0 Å². The fourth-order valence-electron chi connectivity index (χ4n) is 4.46. The highest BCUT2D eigenvalue weighted by atomic mass is 32.2. The van der Waals surface area contributed by atoms with Crippen LogP contribution in [0.5, 0.6) is 0 Å². The summed E-state index contributed by atoms with van der Waals surface area (Å²) >= 11 is 1.21. The average molecular weight is 557 g/mol. The maximum atomic E-state index is 11.8. The standard InChI is InChI=1S/C11H18N2O2.C9H11N3O.C8H11NOS/c1-9(14)12-7-4-10-3-2-6-13(10)11(15)5-8-12;1-12-9-3-2-8(10-6-13)4-7(9)5-11-12;1-5-6(2)11-7(3)8(10)9-4/h10H,2-8H2,1H3;2-4,6,11H,5H2,1H3,(H,10,13);5H,1-3H2,4H3,(H,9,10). The molecule has 1 aromatic carbocycles. The van der Waals surface area contributed by atoms with Gasteiger partial charge in [-0.25, -0.2) is 5.43 Å². The lowest BCUT2D eigenvalue weighted by molar-refractivity contribution is -0.136. The van der Waals surface area contributed by atoms with Gasteiger partial charge >= 0.3 is 0 Å². The van der Waals surface area contributed by atoms with Crippen molar-refractivity contribution < 1.29 is 19.2 Å². The summed E-state index contributed by atoms with van der Waals surface area (Å²) in [6.07, 6.45) is 5.95. The minimum Gasteiger partial charge on any atom is -0.355 e. The van der Waals surface area contributed by atoms with E-state index in [1.807, 2.05) is 35.2 Å². The molecule has 4 rings (SSSR count). The lowest BCUT2D eigenvalue weighted by Gasteiger charge is -2.31. The highest BCUT2D eigenvalue weighted by Crippen LogP contribution is 2.26. The van der Waals surface area contributed by atoms with E-state index in [0.29, 0.717) is 30.3 Å². The molecular weight excluding hydrogens is 516 g/mol. The molecule has 2 saturated heterocycles. The van der Waals surface area contributed by atoms with Crippen molar-refractivity contribution >= 4 is 47.3 Å². The van der Waals surface area contributed by atoms with Crippen LogP contribution in [-0.4, -0.2) is 73.7 Å². The predicted molar refractivity (Wildman–Crippen MR) is 158 cm³/mol. The van der Waals surface area contributed by atoms with Gasteiger partial charge in [0.05, 0.1) is 10.6 Å². The number of hydrazine groups is 1. The van der Waals surface area contributed by atoms with Crippen molar-refractivity contribution in [1.82, 2.24) is 20.5 Å². The largest absolute Gasteiger partial charge is 0.355 e. The van der Waals surface area contributed by atoms with Crippen molar-refractivity contribution in [3.8, 4) is 0 Å². The molecule has 1 aromatic rings. The number of anilines is 2. The highest BCUT2D eigenvalue weighted by Gasteiger charge is 2.31. The lowest BCUT2D eigenvalue weighted by atomic mass is 10.1. The van der Waals surface area contributed by atoms with Crippen LogP contribution in [0.4, 0.5) is 11.4 Å². The van der Waals surface area contributed by atoms with Gasteiger partial charge in [-0.2, -0.15) is 0 Å². The maximum absolute atomic E-state index is 11.8. The van der Waals surface area contributed by atoms with Crippen LogP contribution in [-0.2, 0) is 25.7 Å². The van der Waals surface area contributed by atoms with Crippen LogP contribution in [0.1, 0.15) is 38.2 Å². The molecule has 10 nitrogen and oxygen atoms in total. The van der Waals surface area contributed by atoms with Crippen LogP contribution in [0.2, 0.25) is 0 Å². The Balaban J connectivity index is 0.000000208. The van der Waals surface area contributed by atoms with E-state index in [1.165, 1.54) is 17.3 Å². The molecule has 11 heteroatoms. The normalized spacial score (nSPS) is 17.6. The number of thioether (sulfide) groups is 1. The quantitative estimate of drug-likeness (QED) is 0.280. The van der Waals surface area contributed by atoms with Gasteiger partial charge < -0.3 is 25.4 Å². The number of nitrogens with zero attached hydrogens (tertiary/aromatic N) is 3. The Kier molecular flexibility index (Phi) is 12.8.